The second-order valence-electron chi connectivity index (χ2n) is 3.55. The van der Waals surface area contributed by atoms with Crippen molar-refractivity contribution in [1.29, 1.82) is 5.26 Å². The van der Waals surface area contributed by atoms with Crippen LogP contribution in [0.3, 0.4) is 0 Å². The number of aromatic hydroxyl groups is 1. The summed E-state index contributed by atoms with van der Waals surface area (Å²) in [6, 6.07) is 5.51. The Hall–Kier alpha value is -2.49. The van der Waals surface area contributed by atoms with E-state index in [1.807, 2.05) is 0 Å². The first-order chi connectivity index (χ1) is 8.79. The van der Waals surface area contributed by atoms with Gasteiger partial charge in [-0.3, -0.25) is 4.99 Å². The van der Waals surface area contributed by atoms with Gasteiger partial charge in [0, 0.05) is 18.3 Å². The molecule has 0 spiro atoms. The minimum Gasteiger partial charge on any atom is -0.507 e. The maximum Gasteiger partial charge on any atom is 0.432 e. The Morgan fingerprint density at radius 2 is 2.11 bits per heavy atom. The van der Waals surface area contributed by atoms with Crippen molar-refractivity contribution >= 4 is 11.4 Å². The van der Waals surface area contributed by atoms with E-state index in [2.05, 4.69) is 4.99 Å². The number of halogens is 3. The average molecular weight is 269 g/mol. The molecule has 3 N–H and O–H groups in total. The zero-order chi connectivity index (χ0) is 14.6. The molecule has 0 unspecified atom stereocenters. The lowest BCUT2D eigenvalue weighted by molar-refractivity contribution is -0.0577. The van der Waals surface area contributed by atoms with E-state index in [1.165, 1.54) is 18.2 Å². The summed E-state index contributed by atoms with van der Waals surface area (Å²) in [4.78, 5) is 3.09. The third kappa shape index (κ3) is 3.48. The van der Waals surface area contributed by atoms with Crippen LogP contribution in [0, 0.1) is 11.3 Å². The molecule has 0 aliphatic heterocycles. The summed E-state index contributed by atoms with van der Waals surface area (Å²) in [6.45, 7) is 0. The van der Waals surface area contributed by atoms with Crippen LogP contribution in [0.5, 0.6) is 5.75 Å². The van der Waals surface area contributed by atoms with E-state index in [9.17, 15) is 18.3 Å². The van der Waals surface area contributed by atoms with Gasteiger partial charge in [-0.2, -0.15) is 18.4 Å². The maximum atomic E-state index is 12.5. The van der Waals surface area contributed by atoms with Crippen LogP contribution in [-0.2, 0) is 0 Å². The summed E-state index contributed by atoms with van der Waals surface area (Å²) in [5.74, 6) is -0.314. The van der Waals surface area contributed by atoms with E-state index in [4.69, 9.17) is 11.0 Å². The normalized spacial score (nSPS) is 13.2. The van der Waals surface area contributed by atoms with Crippen molar-refractivity contribution in [3.63, 3.8) is 0 Å². The quantitative estimate of drug-likeness (QED) is 0.807. The lowest BCUT2D eigenvalue weighted by atomic mass is 10.1. The molecule has 0 aromatic heterocycles. The molecule has 4 nitrogen and oxygen atoms in total. The predicted molar refractivity (Wildman–Crippen MR) is 64.4 cm³/mol. The third-order valence-corrected chi connectivity index (χ3v) is 2.26. The largest absolute Gasteiger partial charge is 0.507 e. The summed E-state index contributed by atoms with van der Waals surface area (Å²) in [5, 5.41) is 18.2. The van der Waals surface area contributed by atoms with Crippen molar-refractivity contribution < 1.29 is 18.3 Å². The number of benzene rings is 1. The molecule has 7 heteroatoms. The molecule has 0 saturated heterocycles. The Labute approximate surface area is 107 Å². The van der Waals surface area contributed by atoms with Gasteiger partial charge in [-0.05, 0) is 24.3 Å². The Balaban J connectivity index is 3.27. The fraction of sp³-hybridized carbons (Fsp3) is 0.167. The van der Waals surface area contributed by atoms with E-state index in [-0.39, 0.29) is 22.6 Å². The number of rotatable bonds is 2. The molecule has 0 radical (unpaired) electrons. The zero-order valence-corrected chi connectivity index (χ0v) is 9.86. The SMILES string of the molecule is CN=C(C=C(N)c1cc(C#N)ccc1O)C(F)(F)F. The monoisotopic (exact) mass is 269 g/mol. The smallest absolute Gasteiger partial charge is 0.432 e. The minimum atomic E-state index is -4.64. The summed E-state index contributed by atoms with van der Waals surface area (Å²) in [5.41, 5.74) is 4.12. The van der Waals surface area contributed by atoms with Gasteiger partial charge in [-0.1, -0.05) is 0 Å². The van der Waals surface area contributed by atoms with Crippen molar-refractivity contribution in [2.24, 2.45) is 10.7 Å². The topological polar surface area (TPSA) is 82.4 Å². The van der Waals surface area contributed by atoms with Gasteiger partial charge in [0.25, 0.3) is 0 Å². The second-order valence-corrected chi connectivity index (χ2v) is 3.55. The molecule has 0 bridgehead atoms. The first-order valence-electron chi connectivity index (χ1n) is 5.04. The number of alkyl halides is 3. The minimum absolute atomic E-state index is 0.0514. The lowest BCUT2D eigenvalue weighted by Crippen LogP contribution is -2.21. The lowest BCUT2D eigenvalue weighted by Gasteiger charge is -2.09. The van der Waals surface area contributed by atoms with Crippen LogP contribution in [-0.4, -0.2) is 24.0 Å². The van der Waals surface area contributed by atoms with Crippen molar-refractivity contribution in [3.05, 3.63) is 35.4 Å². The molecule has 0 atom stereocenters. The fourth-order valence-electron chi connectivity index (χ4n) is 1.34. The number of allylic oxidation sites excluding steroid dienone is 1. The second kappa shape index (κ2) is 5.44. The van der Waals surface area contributed by atoms with Gasteiger partial charge in [0.15, 0.2) is 0 Å². The number of phenols is 1. The molecule has 0 aliphatic rings. The van der Waals surface area contributed by atoms with Gasteiger partial charge in [-0.25, -0.2) is 0 Å². The molecular formula is C12H10F3N3O. The first kappa shape index (κ1) is 14.6. The standard InChI is InChI=1S/C12H10F3N3O/c1-18-11(12(13,14)15)5-9(17)8-4-7(6-16)2-3-10(8)19/h2-5,19H,17H2,1H3. The van der Waals surface area contributed by atoms with E-state index < -0.39 is 11.9 Å². The van der Waals surface area contributed by atoms with Gasteiger partial charge >= 0.3 is 6.18 Å². The van der Waals surface area contributed by atoms with E-state index in [0.717, 1.165) is 7.05 Å². The number of aliphatic imine (C=N–C) groups is 1. The highest BCUT2D eigenvalue weighted by molar-refractivity contribution is 6.04. The number of hydrogen-bond donors (Lipinski definition) is 2. The summed E-state index contributed by atoms with van der Waals surface area (Å²) in [7, 11) is 0.984. The molecule has 0 fully saturated rings. The van der Waals surface area contributed by atoms with E-state index in [0.29, 0.717) is 6.08 Å². The first-order valence-corrected chi connectivity index (χ1v) is 5.04. The van der Waals surface area contributed by atoms with Gasteiger partial charge in [0.2, 0.25) is 0 Å². The average Bonchev–Trinajstić information content (AvgIpc) is 2.34. The highest BCUT2D eigenvalue weighted by Crippen LogP contribution is 2.25. The Bertz CT molecular complexity index is 583. The molecule has 1 rings (SSSR count). The number of hydrogen-bond acceptors (Lipinski definition) is 4. The highest BCUT2D eigenvalue weighted by Gasteiger charge is 2.33. The van der Waals surface area contributed by atoms with Crippen LogP contribution in [0.2, 0.25) is 0 Å². The molecule has 19 heavy (non-hydrogen) atoms. The molecule has 0 heterocycles. The maximum absolute atomic E-state index is 12.5. The Kier molecular flexibility index (Phi) is 4.17. The molecule has 1 aromatic rings. The van der Waals surface area contributed by atoms with Crippen LogP contribution in [0.15, 0.2) is 29.3 Å². The number of nitrogens with two attached hydrogens (primary N) is 1. The predicted octanol–water partition coefficient (Wildman–Crippen LogP) is 2.20. The summed E-state index contributed by atoms with van der Waals surface area (Å²) in [6.07, 6.45) is -4.03. The summed E-state index contributed by atoms with van der Waals surface area (Å²) >= 11 is 0. The summed E-state index contributed by atoms with van der Waals surface area (Å²) < 4.78 is 37.5. The molecule has 100 valence electrons. The number of nitrogens with zero attached hydrogens (tertiary/aromatic N) is 2. The van der Waals surface area contributed by atoms with Crippen LogP contribution in [0.25, 0.3) is 5.70 Å². The van der Waals surface area contributed by atoms with E-state index >= 15 is 0 Å². The van der Waals surface area contributed by atoms with Crippen LogP contribution >= 0.6 is 0 Å². The molecule has 0 saturated carbocycles. The van der Waals surface area contributed by atoms with Gasteiger partial charge in [0.05, 0.1) is 11.6 Å². The fourth-order valence-corrected chi connectivity index (χ4v) is 1.34. The molecular weight excluding hydrogens is 259 g/mol. The Morgan fingerprint density at radius 1 is 1.47 bits per heavy atom. The highest BCUT2D eigenvalue weighted by atomic mass is 19.4. The molecule has 0 amide bonds. The number of phenolic OH excluding ortho intramolecular Hbond substituents is 1. The molecule has 0 aliphatic carbocycles. The number of nitriles is 1. The van der Waals surface area contributed by atoms with Crippen LogP contribution < -0.4 is 5.73 Å². The molecule has 1 aromatic carbocycles. The van der Waals surface area contributed by atoms with E-state index in [1.54, 1.807) is 6.07 Å². The third-order valence-electron chi connectivity index (χ3n) is 2.26. The van der Waals surface area contributed by atoms with Crippen LogP contribution in [0.1, 0.15) is 11.1 Å². The van der Waals surface area contributed by atoms with Gasteiger partial charge in [0.1, 0.15) is 11.5 Å². The van der Waals surface area contributed by atoms with Crippen molar-refractivity contribution in [1.82, 2.24) is 0 Å². The Morgan fingerprint density at radius 3 is 2.58 bits per heavy atom. The van der Waals surface area contributed by atoms with Crippen molar-refractivity contribution in [2.75, 3.05) is 7.05 Å². The van der Waals surface area contributed by atoms with Crippen molar-refractivity contribution in [3.8, 4) is 11.8 Å². The van der Waals surface area contributed by atoms with Gasteiger partial charge < -0.3 is 10.8 Å². The van der Waals surface area contributed by atoms with Gasteiger partial charge in [-0.15, -0.1) is 0 Å². The zero-order valence-electron chi connectivity index (χ0n) is 9.86. The van der Waals surface area contributed by atoms with Crippen LogP contribution in [0.4, 0.5) is 13.2 Å². The van der Waals surface area contributed by atoms with Crippen molar-refractivity contribution in [2.45, 2.75) is 6.18 Å².